The maximum absolute atomic E-state index is 12.1. The number of nitrogen functional groups attached to an aromatic ring is 1. The number of hydrogen-bond donors (Lipinski definition) is 2. The number of fused-ring (bicyclic) bond motifs is 1. The van der Waals surface area contributed by atoms with Crippen molar-refractivity contribution in [1.82, 2.24) is 5.32 Å². The summed E-state index contributed by atoms with van der Waals surface area (Å²) >= 11 is 9.67. The van der Waals surface area contributed by atoms with Crippen molar-refractivity contribution < 1.29 is 4.79 Å². The molecule has 0 heterocycles. The van der Waals surface area contributed by atoms with E-state index < -0.39 is 0 Å². The fourth-order valence-electron chi connectivity index (χ4n) is 2.03. The molecule has 0 radical (unpaired) electrons. The van der Waals surface area contributed by atoms with E-state index in [0.29, 0.717) is 22.3 Å². The van der Waals surface area contributed by atoms with Crippen molar-refractivity contribution in [2.24, 2.45) is 0 Å². The van der Waals surface area contributed by atoms with Gasteiger partial charge in [-0.05, 0) is 36.4 Å². The highest BCUT2D eigenvalue weighted by Crippen LogP contribution is 2.34. The van der Waals surface area contributed by atoms with Crippen LogP contribution in [-0.2, 0) is 0 Å². The average molecular weight is 340 g/mol. The fraction of sp³-hybridized carbons (Fsp3) is 0.214. The van der Waals surface area contributed by atoms with E-state index in [1.54, 1.807) is 6.07 Å². The van der Waals surface area contributed by atoms with Crippen LogP contribution in [0.3, 0.4) is 0 Å². The molecule has 3 N–H and O–H groups in total. The summed E-state index contributed by atoms with van der Waals surface area (Å²) in [7, 11) is 0. The van der Waals surface area contributed by atoms with Crippen LogP contribution in [-0.4, -0.2) is 11.9 Å². The van der Waals surface area contributed by atoms with Gasteiger partial charge in [0.05, 0.1) is 16.3 Å². The molecule has 98 valence electrons. The minimum absolute atomic E-state index is 0.149. The zero-order valence-electron chi connectivity index (χ0n) is 10.0. The first-order chi connectivity index (χ1) is 9.06. The summed E-state index contributed by atoms with van der Waals surface area (Å²) in [6.45, 7) is 0. The SMILES string of the molecule is Nc1c(C(=O)NC2CC2)cc2cc(Br)ccc2c1Cl. The third kappa shape index (κ3) is 2.42. The number of halogens is 2. The van der Waals surface area contributed by atoms with E-state index in [1.807, 2.05) is 18.2 Å². The Morgan fingerprint density at radius 2 is 2.11 bits per heavy atom. The molecule has 0 spiro atoms. The second kappa shape index (κ2) is 4.69. The Hall–Kier alpha value is -1.26. The van der Waals surface area contributed by atoms with Crippen LogP contribution < -0.4 is 11.1 Å². The molecule has 0 aliphatic heterocycles. The van der Waals surface area contributed by atoms with E-state index in [2.05, 4.69) is 21.2 Å². The lowest BCUT2D eigenvalue weighted by atomic mass is 10.0. The van der Waals surface area contributed by atoms with Gasteiger partial charge in [0.15, 0.2) is 0 Å². The van der Waals surface area contributed by atoms with E-state index in [4.69, 9.17) is 17.3 Å². The quantitative estimate of drug-likeness (QED) is 0.819. The van der Waals surface area contributed by atoms with Gasteiger partial charge >= 0.3 is 0 Å². The highest BCUT2D eigenvalue weighted by atomic mass is 79.9. The molecule has 3 nitrogen and oxygen atoms in total. The van der Waals surface area contributed by atoms with E-state index in [0.717, 1.165) is 28.1 Å². The Kier molecular flexibility index (Phi) is 3.15. The molecule has 0 unspecified atom stereocenters. The summed E-state index contributed by atoms with van der Waals surface area (Å²) in [6, 6.07) is 7.80. The number of hydrogen-bond acceptors (Lipinski definition) is 2. The molecule has 0 saturated heterocycles. The van der Waals surface area contributed by atoms with Crippen LogP contribution in [0, 0.1) is 0 Å². The fourth-order valence-corrected chi connectivity index (χ4v) is 2.68. The molecule has 1 saturated carbocycles. The Morgan fingerprint density at radius 3 is 2.79 bits per heavy atom. The van der Waals surface area contributed by atoms with E-state index in [-0.39, 0.29) is 5.91 Å². The molecule has 3 rings (SSSR count). The maximum atomic E-state index is 12.1. The molecule has 19 heavy (non-hydrogen) atoms. The first kappa shape index (κ1) is 12.8. The number of carbonyl (C=O) groups is 1. The zero-order chi connectivity index (χ0) is 13.6. The van der Waals surface area contributed by atoms with Crippen molar-refractivity contribution in [3.63, 3.8) is 0 Å². The van der Waals surface area contributed by atoms with Crippen LogP contribution >= 0.6 is 27.5 Å². The predicted molar refractivity (Wildman–Crippen MR) is 81.6 cm³/mol. The van der Waals surface area contributed by atoms with E-state index in [1.165, 1.54) is 0 Å². The van der Waals surface area contributed by atoms with Gasteiger partial charge in [-0.1, -0.05) is 33.6 Å². The molecule has 1 amide bonds. The van der Waals surface area contributed by atoms with Gasteiger partial charge in [0.1, 0.15) is 0 Å². The lowest BCUT2D eigenvalue weighted by Crippen LogP contribution is -2.26. The van der Waals surface area contributed by atoms with Crippen molar-refractivity contribution in [2.45, 2.75) is 18.9 Å². The Balaban J connectivity index is 2.12. The number of benzene rings is 2. The first-order valence-corrected chi connectivity index (χ1v) is 7.21. The monoisotopic (exact) mass is 338 g/mol. The number of rotatable bonds is 2. The van der Waals surface area contributed by atoms with Gasteiger partial charge in [-0.3, -0.25) is 4.79 Å². The molecule has 0 bridgehead atoms. The van der Waals surface area contributed by atoms with Gasteiger partial charge < -0.3 is 11.1 Å². The van der Waals surface area contributed by atoms with Gasteiger partial charge in [0, 0.05) is 15.9 Å². The number of carbonyl (C=O) groups excluding carboxylic acids is 1. The number of nitrogens with two attached hydrogens (primary N) is 1. The molecule has 1 aliphatic carbocycles. The summed E-state index contributed by atoms with van der Waals surface area (Å²) in [5, 5.41) is 5.11. The summed E-state index contributed by atoms with van der Waals surface area (Å²) in [4.78, 5) is 12.1. The van der Waals surface area contributed by atoms with Crippen LogP contribution in [0.4, 0.5) is 5.69 Å². The average Bonchev–Trinajstić information content (AvgIpc) is 3.17. The number of nitrogens with one attached hydrogen (secondary N) is 1. The lowest BCUT2D eigenvalue weighted by Gasteiger charge is -2.11. The van der Waals surface area contributed by atoms with Crippen molar-refractivity contribution in [3.8, 4) is 0 Å². The Bertz CT molecular complexity index is 683. The molecular weight excluding hydrogens is 328 g/mol. The smallest absolute Gasteiger partial charge is 0.253 e. The van der Waals surface area contributed by atoms with E-state index >= 15 is 0 Å². The van der Waals surface area contributed by atoms with Crippen molar-refractivity contribution in [3.05, 3.63) is 39.3 Å². The molecule has 0 aromatic heterocycles. The summed E-state index contributed by atoms with van der Waals surface area (Å²) in [5.74, 6) is -0.149. The second-order valence-electron chi connectivity index (χ2n) is 4.76. The molecule has 2 aromatic rings. The molecule has 2 aromatic carbocycles. The standard InChI is InChI=1S/C14H12BrClN2O/c15-8-1-4-10-7(5-8)6-11(13(17)12(10)16)14(19)18-9-2-3-9/h1,4-6,9H,2-3,17H2,(H,18,19). The zero-order valence-corrected chi connectivity index (χ0v) is 12.4. The van der Waals surface area contributed by atoms with Crippen LogP contribution in [0.15, 0.2) is 28.7 Å². The minimum Gasteiger partial charge on any atom is -0.397 e. The van der Waals surface area contributed by atoms with Gasteiger partial charge in [0.25, 0.3) is 5.91 Å². The van der Waals surface area contributed by atoms with Crippen LogP contribution in [0.1, 0.15) is 23.2 Å². The predicted octanol–water partition coefficient (Wildman–Crippen LogP) is 3.73. The number of anilines is 1. The highest BCUT2D eigenvalue weighted by molar-refractivity contribution is 9.10. The normalized spacial score (nSPS) is 14.6. The van der Waals surface area contributed by atoms with Gasteiger partial charge in [0.2, 0.25) is 0 Å². The first-order valence-electron chi connectivity index (χ1n) is 6.04. The molecule has 1 aliphatic rings. The van der Waals surface area contributed by atoms with Gasteiger partial charge in [-0.15, -0.1) is 0 Å². The Morgan fingerprint density at radius 1 is 1.37 bits per heavy atom. The maximum Gasteiger partial charge on any atom is 0.253 e. The minimum atomic E-state index is -0.149. The summed E-state index contributed by atoms with van der Waals surface area (Å²) < 4.78 is 0.939. The Labute approximate surface area is 124 Å². The second-order valence-corrected chi connectivity index (χ2v) is 6.06. The highest BCUT2D eigenvalue weighted by Gasteiger charge is 2.25. The third-order valence-corrected chi connectivity index (χ3v) is 4.13. The van der Waals surface area contributed by atoms with Crippen molar-refractivity contribution in [1.29, 1.82) is 0 Å². The topological polar surface area (TPSA) is 55.1 Å². The van der Waals surface area contributed by atoms with Gasteiger partial charge in [-0.2, -0.15) is 0 Å². The van der Waals surface area contributed by atoms with Crippen LogP contribution in [0.5, 0.6) is 0 Å². The molecule has 0 atom stereocenters. The lowest BCUT2D eigenvalue weighted by molar-refractivity contribution is 0.0952. The van der Waals surface area contributed by atoms with Crippen molar-refractivity contribution in [2.75, 3.05) is 5.73 Å². The number of amides is 1. The molecule has 1 fully saturated rings. The third-order valence-electron chi connectivity index (χ3n) is 3.23. The summed E-state index contributed by atoms with van der Waals surface area (Å²) in [5.41, 5.74) is 6.77. The van der Waals surface area contributed by atoms with Gasteiger partial charge in [-0.25, -0.2) is 0 Å². The largest absolute Gasteiger partial charge is 0.397 e. The van der Waals surface area contributed by atoms with Crippen LogP contribution in [0.2, 0.25) is 5.02 Å². The van der Waals surface area contributed by atoms with E-state index in [9.17, 15) is 4.79 Å². The van der Waals surface area contributed by atoms with Crippen molar-refractivity contribution >= 4 is 49.9 Å². The summed E-state index contributed by atoms with van der Waals surface area (Å²) in [6.07, 6.45) is 2.08. The molecule has 5 heteroatoms. The van der Waals surface area contributed by atoms with Crippen LogP contribution in [0.25, 0.3) is 10.8 Å². The molecular formula is C14H12BrClN2O.